The fourth-order valence-electron chi connectivity index (χ4n) is 1.76. The highest BCUT2D eigenvalue weighted by molar-refractivity contribution is 5.59. The van der Waals surface area contributed by atoms with Crippen LogP contribution in [0.15, 0.2) is 67.0 Å². The van der Waals surface area contributed by atoms with Crippen LogP contribution in [-0.2, 0) is 6.42 Å². The number of allylic oxidation sites excluding steroid dienone is 2. The summed E-state index contributed by atoms with van der Waals surface area (Å²) in [7, 11) is 0. The lowest BCUT2D eigenvalue weighted by Crippen LogP contribution is -2.29. The van der Waals surface area contributed by atoms with E-state index in [2.05, 4.69) is 52.1 Å². The molecule has 0 bridgehead atoms. The van der Waals surface area contributed by atoms with E-state index in [1.807, 2.05) is 45.9 Å². The van der Waals surface area contributed by atoms with Crippen LogP contribution in [0.3, 0.4) is 0 Å². The van der Waals surface area contributed by atoms with Crippen molar-refractivity contribution in [1.29, 1.82) is 0 Å². The fourth-order valence-corrected chi connectivity index (χ4v) is 1.76. The first-order valence-corrected chi connectivity index (χ1v) is 11.6. The minimum absolute atomic E-state index is 0.283. The Kier molecular flexibility index (Phi) is 33.0. The van der Waals surface area contributed by atoms with Crippen LogP contribution in [0.4, 0.5) is 4.39 Å². The molecule has 0 aliphatic heterocycles. The van der Waals surface area contributed by atoms with Gasteiger partial charge in [-0.2, -0.15) is 0 Å². The van der Waals surface area contributed by atoms with E-state index in [1.54, 1.807) is 30.5 Å². The van der Waals surface area contributed by atoms with Crippen molar-refractivity contribution in [3.05, 3.63) is 78.4 Å². The molecule has 0 saturated carbocycles. The van der Waals surface area contributed by atoms with E-state index in [0.29, 0.717) is 23.4 Å². The van der Waals surface area contributed by atoms with Gasteiger partial charge in [-0.05, 0) is 44.0 Å². The van der Waals surface area contributed by atoms with E-state index in [9.17, 15) is 4.39 Å². The Hall–Kier alpha value is -2.90. The van der Waals surface area contributed by atoms with Crippen molar-refractivity contribution in [2.45, 2.75) is 80.7 Å². The number of hydrogen-bond acceptors (Lipinski definition) is 3. The van der Waals surface area contributed by atoms with Gasteiger partial charge in [0, 0.05) is 23.5 Å². The maximum Gasteiger partial charge on any atom is 0.132 e. The fraction of sp³-hybridized carbons (Fsp3) is 0.414. The van der Waals surface area contributed by atoms with Gasteiger partial charge < -0.3 is 11.5 Å². The van der Waals surface area contributed by atoms with E-state index >= 15 is 0 Å². The van der Waals surface area contributed by atoms with E-state index in [0.717, 1.165) is 5.56 Å². The van der Waals surface area contributed by atoms with E-state index in [-0.39, 0.29) is 11.9 Å². The smallest absolute Gasteiger partial charge is 0.132 e. The Morgan fingerprint density at radius 2 is 1.45 bits per heavy atom. The van der Waals surface area contributed by atoms with Gasteiger partial charge in [0.25, 0.3) is 0 Å². The number of rotatable bonds is 4. The third-order valence-electron chi connectivity index (χ3n) is 3.24. The van der Waals surface area contributed by atoms with Gasteiger partial charge in [-0.25, -0.2) is 4.39 Å². The molecule has 186 valence electrons. The van der Waals surface area contributed by atoms with Gasteiger partial charge in [-0.3, -0.25) is 4.98 Å². The predicted octanol–water partition coefficient (Wildman–Crippen LogP) is 7.92. The van der Waals surface area contributed by atoms with Crippen molar-refractivity contribution in [2.75, 3.05) is 0 Å². The summed E-state index contributed by atoms with van der Waals surface area (Å²) in [5.74, 6) is -0.283. The van der Waals surface area contributed by atoms with Crippen LogP contribution in [0.2, 0.25) is 0 Å². The normalized spacial score (nSPS) is 9.45. The Balaban J connectivity index is -0.000000251. The third kappa shape index (κ3) is 22.1. The third-order valence-corrected chi connectivity index (χ3v) is 3.24. The molecule has 1 aromatic carbocycles. The molecule has 0 amide bonds. The van der Waals surface area contributed by atoms with Gasteiger partial charge in [0.05, 0.1) is 5.69 Å². The Bertz CT molecular complexity index is 713. The van der Waals surface area contributed by atoms with Crippen LogP contribution in [0.5, 0.6) is 0 Å². The largest absolute Gasteiger partial charge is 0.401 e. The Morgan fingerprint density at radius 3 is 1.79 bits per heavy atom. The van der Waals surface area contributed by atoms with Crippen LogP contribution < -0.4 is 11.5 Å². The zero-order chi connectivity index (χ0) is 26.7. The first-order chi connectivity index (χ1) is 15.8. The quantitative estimate of drug-likeness (QED) is 0.362. The van der Waals surface area contributed by atoms with Gasteiger partial charge in [0.1, 0.15) is 5.82 Å². The molecule has 0 aliphatic rings. The molecule has 3 nitrogen and oxygen atoms in total. The monoisotopic (exact) mass is 457 g/mol. The number of aromatic nitrogens is 1. The number of terminal acetylenes is 1. The molecule has 0 unspecified atom stereocenters. The van der Waals surface area contributed by atoms with Crippen molar-refractivity contribution in [2.24, 2.45) is 11.5 Å². The highest BCUT2D eigenvalue weighted by Gasteiger charge is 2.08. The number of halogens is 1. The lowest BCUT2D eigenvalue weighted by Gasteiger charge is -2.11. The molecule has 2 aromatic rings. The molecule has 1 aromatic heterocycles. The number of benzene rings is 1. The molecule has 4 N–H and O–H groups in total. The Morgan fingerprint density at radius 1 is 1.00 bits per heavy atom. The molecule has 0 fully saturated rings. The van der Waals surface area contributed by atoms with Gasteiger partial charge in [0.2, 0.25) is 0 Å². The second-order valence-electron chi connectivity index (χ2n) is 6.50. The second-order valence-corrected chi connectivity index (χ2v) is 6.50. The molecule has 1 atom stereocenters. The summed E-state index contributed by atoms with van der Waals surface area (Å²) in [5, 5.41) is 0. The standard InChI is InChI=1S/C15H16FN3.C4H8.2C3H8.C2H6.C2H2/c1-10(17)14(18)8-11-6-7-15(19-9-11)12-4-2-3-5-13(12)16;1-3-4-2;2*1-3-2;2*1-2/h2-7,9,14H,1,8,17-18H2;3-4H,1-2H3;2*3H2,1-2H3;1-2H3;1-2H/b;4-3-;;;;/t14-;;;;;/m0...../s1. The first-order valence-electron chi connectivity index (χ1n) is 11.6. The summed E-state index contributed by atoms with van der Waals surface area (Å²) in [6, 6.07) is 9.91. The summed E-state index contributed by atoms with van der Waals surface area (Å²) in [6.45, 7) is 20.1. The summed E-state index contributed by atoms with van der Waals surface area (Å²) in [5.41, 5.74) is 13.8. The van der Waals surface area contributed by atoms with Gasteiger partial charge >= 0.3 is 0 Å². The van der Waals surface area contributed by atoms with E-state index < -0.39 is 0 Å². The van der Waals surface area contributed by atoms with Crippen LogP contribution in [-0.4, -0.2) is 11.0 Å². The van der Waals surface area contributed by atoms with Crippen LogP contribution in [0, 0.1) is 18.7 Å². The minimum Gasteiger partial charge on any atom is -0.401 e. The molecule has 1 heterocycles. The topological polar surface area (TPSA) is 64.9 Å². The van der Waals surface area contributed by atoms with Crippen LogP contribution in [0.25, 0.3) is 11.3 Å². The summed E-state index contributed by atoms with van der Waals surface area (Å²) >= 11 is 0. The summed E-state index contributed by atoms with van der Waals surface area (Å²) in [6.07, 6.45) is 16.8. The highest BCUT2D eigenvalue weighted by atomic mass is 19.1. The molecule has 2 rings (SSSR count). The second kappa shape index (κ2) is 29.1. The van der Waals surface area contributed by atoms with Gasteiger partial charge in [-0.1, -0.05) is 91.3 Å². The number of hydrogen-bond donors (Lipinski definition) is 2. The van der Waals surface area contributed by atoms with Gasteiger partial charge in [0.15, 0.2) is 0 Å². The van der Waals surface area contributed by atoms with Crippen molar-refractivity contribution >= 4 is 0 Å². The summed E-state index contributed by atoms with van der Waals surface area (Å²) < 4.78 is 13.6. The van der Waals surface area contributed by atoms with Gasteiger partial charge in [-0.15, -0.1) is 12.8 Å². The lowest BCUT2D eigenvalue weighted by atomic mass is 10.0. The van der Waals surface area contributed by atoms with Crippen LogP contribution >= 0.6 is 0 Å². The number of pyridine rings is 1. The number of nitrogens with zero attached hydrogens (tertiary/aromatic N) is 1. The maximum atomic E-state index is 13.6. The SMILES string of the molecule is C#C.C/C=C\C.C=C(N)[C@@H](N)Cc1ccc(-c2ccccc2F)nc1.CC.CCC.CCC. The number of nitrogens with two attached hydrogens (primary N) is 2. The average molecular weight is 458 g/mol. The molecule has 33 heavy (non-hydrogen) atoms. The van der Waals surface area contributed by atoms with Crippen molar-refractivity contribution in [3.8, 4) is 24.1 Å². The van der Waals surface area contributed by atoms with E-state index in [1.165, 1.54) is 18.9 Å². The molecule has 0 aliphatic carbocycles. The molecule has 4 heteroatoms. The van der Waals surface area contributed by atoms with Crippen molar-refractivity contribution in [3.63, 3.8) is 0 Å². The first kappa shape index (κ1) is 37.4. The Labute approximate surface area is 204 Å². The zero-order valence-electron chi connectivity index (χ0n) is 22.2. The lowest BCUT2D eigenvalue weighted by molar-refractivity contribution is 0.630. The highest BCUT2D eigenvalue weighted by Crippen LogP contribution is 2.20. The summed E-state index contributed by atoms with van der Waals surface area (Å²) in [4.78, 5) is 4.26. The molecule has 0 saturated heterocycles. The molecular weight excluding hydrogens is 409 g/mol. The molecule has 0 radical (unpaired) electrons. The van der Waals surface area contributed by atoms with Crippen molar-refractivity contribution < 1.29 is 4.39 Å². The minimum atomic E-state index is -0.291. The van der Waals surface area contributed by atoms with Crippen LogP contribution in [0.1, 0.15) is 73.8 Å². The predicted molar refractivity (Wildman–Crippen MR) is 148 cm³/mol. The maximum absolute atomic E-state index is 13.6. The van der Waals surface area contributed by atoms with Crippen molar-refractivity contribution in [1.82, 2.24) is 4.98 Å². The van der Waals surface area contributed by atoms with E-state index in [4.69, 9.17) is 11.5 Å². The zero-order valence-corrected chi connectivity index (χ0v) is 22.2. The average Bonchev–Trinajstić information content (AvgIpc) is 2.84. The molecular formula is C29H48FN3. The molecule has 0 spiro atoms.